The fourth-order valence-electron chi connectivity index (χ4n) is 2.00. The lowest BCUT2D eigenvalue weighted by Gasteiger charge is -2.19. The van der Waals surface area contributed by atoms with Crippen LogP contribution < -0.4 is 0 Å². The first-order valence-corrected chi connectivity index (χ1v) is 6.72. The lowest BCUT2D eigenvalue weighted by Crippen LogP contribution is -2.27. The van der Waals surface area contributed by atoms with E-state index >= 15 is 0 Å². The van der Waals surface area contributed by atoms with Crippen molar-refractivity contribution in [3.05, 3.63) is 65.0 Å². The molecular weight excluding hydrogens is 273 g/mol. The molecule has 0 N–H and O–H groups in total. The highest BCUT2D eigenvalue weighted by molar-refractivity contribution is 7.80. The molecule has 20 heavy (non-hydrogen) atoms. The van der Waals surface area contributed by atoms with Crippen molar-refractivity contribution in [3.63, 3.8) is 0 Å². The third-order valence-electron chi connectivity index (χ3n) is 3.16. The van der Waals surface area contributed by atoms with E-state index in [0.29, 0.717) is 11.1 Å². The smallest absolute Gasteiger partial charge is 0.254 e. The maximum Gasteiger partial charge on any atom is 0.254 e. The van der Waals surface area contributed by atoms with Gasteiger partial charge < -0.3 is 4.90 Å². The first-order valence-electron chi connectivity index (χ1n) is 6.27. The van der Waals surface area contributed by atoms with Crippen LogP contribution in [0.1, 0.15) is 21.5 Å². The van der Waals surface area contributed by atoms with Gasteiger partial charge in [-0.25, -0.2) is 4.39 Å². The van der Waals surface area contributed by atoms with Gasteiger partial charge in [-0.05, 0) is 30.7 Å². The van der Waals surface area contributed by atoms with Crippen molar-refractivity contribution < 1.29 is 9.18 Å². The summed E-state index contributed by atoms with van der Waals surface area (Å²) in [4.78, 5) is 14.6. The molecule has 0 saturated heterocycles. The highest BCUT2D eigenvalue weighted by Crippen LogP contribution is 2.17. The third-order valence-corrected chi connectivity index (χ3v) is 3.44. The van der Waals surface area contributed by atoms with Crippen molar-refractivity contribution in [1.82, 2.24) is 4.90 Å². The molecule has 0 atom stereocenters. The molecule has 2 nitrogen and oxygen atoms in total. The molecule has 0 spiro atoms. The standard InChI is InChI=1S/C16H16FNOS/c1-11-7-8-13(20)9-14(11)16(19)18(2)10-12-5-3-4-6-15(12)17/h3-9,20H,10H2,1-2H3. The van der Waals surface area contributed by atoms with Crippen LogP contribution >= 0.6 is 12.6 Å². The number of nitrogens with zero attached hydrogens (tertiary/aromatic N) is 1. The average molecular weight is 289 g/mol. The molecule has 0 aromatic heterocycles. The molecule has 0 aliphatic heterocycles. The van der Waals surface area contributed by atoms with Crippen molar-refractivity contribution >= 4 is 18.5 Å². The van der Waals surface area contributed by atoms with Crippen molar-refractivity contribution in [1.29, 1.82) is 0 Å². The van der Waals surface area contributed by atoms with Crippen LogP contribution in [0, 0.1) is 12.7 Å². The normalized spacial score (nSPS) is 10.4. The molecule has 0 heterocycles. The van der Waals surface area contributed by atoms with Gasteiger partial charge in [0.15, 0.2) is 0 Å². The molecule has 2 aromatic carbocycles. The topological polar surface area (TPSA) is 20.3 Å². The second kappa shape index (κ2) is 6.09. The highest BCUT2D eigenvalue weighted by Gasteiger charge is 2.15. The largest absolute Gasteiger partial charge is 0.337 e. The fourth-order valence-corrected chi connectivity index (χ4v) is 2.20. The van der Waals surface area contributed by atoms with E-state index in [0.717, 1.165) is 10.5 Å². The fraction of sp³-hybridized carbons (Fsp3) is 0.188. The predicted molar refractivity (Wildman–Crippen MR) is 80.6 cm³/mol. The van der Waals surface area contributed by atoms with Crippen molar-refractivity contribution in [2.24, 2.45) is 0 Å². The first kappa shape index (κ1) is 14.6. The number of hydrogen-bond donors (Lipinski definition) is 1. The second-order valence-corrected chi connectivity index (χ2v) is 5.27. The van der Waals surface area contributed by atoms with E-state index in [1.807, 2.05) is 19.1 Å². The van der Waals surface area contributed by atoms with Gasteiger partial charge >= 0.3 is 0 Å². The zero-order chi connectivity index (χ0) is 14.7. The van der Waals surface area contributed by atoms with Gasteiger partial charge in [0, 0.05) is 29.6 Å². The minimum absolute atomic E-state index is 0.137. The number of carbonyl (C=O) groups excluding carboxylic acids is 1. The van der Waals surface area contributed by atoms with E-state index in [2.05, 4.69) is 12.6 Å². The van der Waals surface area contributed by atoms with Crippen molar-refractivity contribution in [2.75, 3.05) is 7.05 Å². The monoisotopic (exact) mass is 289 g/mol. The molecule has 2 rings (SSSR count). The summed E-state index contributed by atoms with van der Waals surface area (Å²) in [5.41, 5.74) is 1.98. The van der Waals surface area contributed by atoms with E-state index in [1.54, 1.807) is 31.3 Å². The van der Waals surface area contributed by atoms with Crippen LogP contribution in [0.2, 0.25) is 0 Å². The van der Waals surface area contributed by atoms with Gasteiger partial charge in [-0.15, -0.1) is 12.6 Å². The van der Waals surface area contributed by atoms with Gasteiger partial charge in [0.1, 0.15) is 5.82 Å². The Bertz CT molecular complexity index is 642. The molecular formula is C16H16FNOS. The number of amides is 1. The molecule has 2 aromatic rings. The predicted octanol–water partition coefficient (Wildman–Crippen LogP) is 3.70. The molecule has 1 amide bonds. The van der Waals surface area contributed by atoms with Gasteiger partial charge in [0.25, 0.3) is 5.91 Å². The quantitative estimate of drug-likeness (QED) is 0.854. The van der Waals surface area contributed by atoms with Crippen LogP contribution in [0.5, 0.6) is 0 Å². The molecule has 0 aliphatic carbocycles. The van der Waals surface area contributed by atoms with Crippen molar-refractivity contribution in [2.45, 2.75) is 18.4 Å². The average Bonchev–Trinajstić information content (AvgIpc) is 2.43. The van der Waals surface area contributed by atoms with Crippen molar-refractivity contribution in [3.8, 4) is 0 Å². The summed E-state index contributed by atoms with van der Waals surface area (Å²) in [5.74, 6) is -0.437. The van der Waals surface area contributed by atoms with Crippen LogP contribution in [-0.2, 0) is 6.54 Å². The van der Waals surface area contributed by atoms with Gasteiger partial charge in [0.2, 0.25) is 0 Å². The number of carbonyl (C=O) groups is 1. The lowest BCUT2D eigenvalue weighted by molar-refractivity contribution is 0.0783. The summed E-state index contributed by atoms with van der Waals surface area (Å²) in [6.07, 6.45) is 0. The highest BCUT2D eigenvalue weighted by atomic mass is 32.1. The van der Waals surface area contributed by atoms with E-state index in [-0.39, 0.29) is 18.3 Å². The molecule has 4 heteroatoms. The summed E-state index contributed by atoms with van der Waals surface area (Å²) < 4.78 is 13.6. The maximum absolute atomic E-state index is 13.6. The van der Waals surface area contributed by atoms with E-state index in [9.17, 15) is 9.18 Å². The summed E-state index contributed by atoms with van der Waals surface area (Å²) in [6, 6.07) is 11.9. The molecule has 0 saturated carbocycles. The Morgan fingerprint density at radius 1 is 1.25 bits per heavy atom. The number of aryl methyl sites for hydroxylation is 1. The Morgan fingerprint density at radius 3 is 2.65 bits per heavy atom. The van der Waals surface area contributed by atoms with Crippen LogP contribution in [0.15, 0.2) is 47.4 Å². The molecule has 0 bridgehead atoms. The molecule has 0 radical (unpaired) electrons. The summed E-state index contributed by atoms with van der Waals surface area (Å²) >= 11 is 4.25. The molecule has 0 aliphatic rings. The van der Waals surface area contributed by atoms with Gasteiger partial charge in [-0.2, -0.15) is 0 Å². The Kier molecular flexibility index (Phi) is 4.45. The Balaban J connectivity index is 2.21. The summed E-state index contributed by atoms with van der Waals surface area (Å²) in [6.45, 7) is 2.11. The Hall–Kier alpha value is -1.81. The zero-order valence-corrected chi connectivity index (χ0v) is 12.3. The number of rotatable bonds is 3. The van der Waals surface area contributed by atoms with E-state index in [4.69, 9.17) is 0 Å². The van der Waals surface area contributed by atoms with E-state index in [1.165, 1.54) is 11.0 Å². The van der Waals surface area contributed by atoms with E-state index < -0.39 is 0 Å². The zero-order valence-electron chi connectivity index (χ0n) is 11.4. The van der Waals surface area contributed by atoms with Crippen LogP contribution in [0.4, 0.5) is 4.39 Å². The molecule has 0 fully saturated rings. The molecule has 0 unspecified atom stereocenters. The molecule has 104 valence electrons. The Labute approximate surface area is 123 Å². The van der Waals surface area contributed by atoms with Crippen LogP contribution in [0.25, 0.3) is 0 Å². The summed E-state index contributed by atoms with van der Waals surface area (Å²) in [5, 5.41) is 0. The minimum Gasteiger partial charge on any atom is -0.337 e. The number of halogens is 1. The van der Waals surface area contributed by atoms with Gasteiger partial charge in [0.05, 0.1) is 0 Å². The van der Waals surface area contributed by atoms with Gasteiger partial charge in [-0.3, -0.25) is 4.79 Å². The number of thiol groups is 1. The van der Waals surface area contributed by atoms with Crippen LogP contribution in [0.3, 0.4) is 0 Å². The minimum atomic E-state index is -0.299. The SMILES string of the molecule is Cc1ccc(S)cc1C(=O)N(C)Cc1ccccc1F. The Morgan fingerprint density at radius 2 is 1.95 bits per heavy atom. The summed E-state index contributed by atoms with van der Waals surface area (Å²) in [7, 11) is 1.67. The first-order chi connectivity index (χ1) is 9.49. The maximum atomic E-state index is 13.6. The number of benzene rings is 2. The lowest BCUT2D eigenvalue weighted by atomic mass is 10.1. The third kappa shape index (κ3) is 3.20. The number of hydrogen-bond acceptors (Lipinski definition) is 2. The van der Waals surface area contributed by atoms with Crippen LogP contribution in [-0.4, -0.2) is 17.9 Å². The van der Waals surface area contributed by atoms with Gasteiger partial charge in [-0.1, -0.05) is 24.3 Å². The second-order valence-electron chi connectivity index (χ2n) is 4.75.